The van der Waals surface area contributed by atoms with E-state index in [1.807, 2.05) is 6.07 Å². The number of aromatic nitrogens is 1. The van der Waals surface area contributed by atoms with E-state index < -0.39 is 6.43 Å². The third kappa shape index (κ3) is 2.58. The van der Waals surface area contributed by atoms with Crippen LogP contribution >= 0.6 is 11.6 Å². The maximum absolute atomic E-state index is 12.7. The van der Waals surface area contributed by atoms with Crippen LogP contribution in [-0.4, -0.2) is 12.1 Å². The van der Waals surface area contributed by atoms with Gasteiger partial charge in [0.05, 0.1) is 42.4 Å². The highest BCUT2D eigenvalue weighted by Gasteiger charge is 2.19. The Balaban J connectivity index is 3.35. The largest absolute Gasteiger partial charge is 0.494 e. The second kappa shape index (κ2) is 5.61. The van der Waals surface area contributed by atoms with Crippen molar-refractivity contribution in [1.29, 1.82) is 5.26 Å². The summed E-state index contributed by atoms with van der Waals surface area (Å²) < 4.78 is 30.3. The second-order valence-corrected chi connectivity index (χ2v) is 3.22. The number of pyridine rings is 1. The fourth-order valence-electron chi connectivity index (χ4n) is 1.33. The Labute approximate surface area is 96.6 Å². The van der Waals surface area contributed by atoms with E-state index in [0.29, 0.717) is 5.69 Å². The van der Waals surface area contributed by atoms with Crippen LogP contribution in [0, 0.1) is 11.3 Å². The summed E-state index contributed by atoms with van der Waals surface area (Å²) in [5, 5.41) is 8.57. The molecule has 0 saturated heterocycles. The summed E-state index contributed by atoms with van der Waals surface area (Å²) in [4.78, 5) is 3.98. The fourth-order valence-corrected chi connectivity index (χ4v) is 1.47. The zero-order valence-corrected chi connectivity index (χ0v) is 9.26. The summed E-state index contributed by atoms with van der Waals surface area (Å²) in [5.41, 5.74) is 0.222. The topological polar surface area (TPSA) is 45.9 Å². The summed E-state index contributed by atoms with van der Waals surface area (Å²) in [7, 11) is 1.27. The van der Waals surface area contributed by atoms with Crippen LogP contribution in [0.5, 0.6) is 5.75 Å². The molecular weight excluding hydrogens is 238 g/mol. The van der Waals surface area contributed by atoms with Gasteiger partial charge in [0, 0.05) is 0 Å². The van der Waals surface area contributed by atoms with Crippen molar-refractivity contribution in [1.82, 2.24) is 4.98 Å². The summed E-state index contributed by atoms with van der Waals surface area (Å²) >= 11 is 5.54. The average molecular weight is 247 g/mol. The fraction of sp³-hybridized carbons (Fsp3) is 0.400. The molecule has 0 aliphatic rings. The van der Waals surface area contributed by atoms with Crippen LogP contribution in [-0.2, 0) is 12.3 Å². The van der Waals surface area contributed by atoms with Crippen LogP contribution < -0.4 is 4.74 Å². The number of hydrogen-bond donors (Lipinski definition) is 0. The first-order chi connectivity index (χ1) is 7.63. The van der Waals surface area contributed by atoms with Crippen LogP contribution in [0.3, 0.4) is 0 Å². The van der Waals surface area contributed by atoms with Gasteiger partial charge in [-0.2, -0.15) is 5.26 Å². The predicted octanol–water partition coefficient (Wildman–Crippen LogP) is 2.83. The molecule has 0 atom stereocenters. The number of hydrogen-bond acceptors (Lipinski definition) is 3. The average Bonchev–Trinajstić information content (AvgIpc) is 2.28. The van der Waals surface area contributed by atoms with Gasteiger partial charge < -0.3 is 4.74 Å². The van der Waals surface area contributed by atoms with E-state index in [2.05, 4.69) is 4.98 Å². The van der Waals surface area contributed by atoms with Crippen molar-refractivity contribution >= 4 is 11.6 Å². The lowest BCUT2D eigenvalue weighted by atomic mass is 10.1. The zero-order valence-electron chi connectivity index (χ0n) is 8.51. The van der Waals surface area contributed by atoms with Gasteiger partial charge in [-0.15, -0.1) is 11.6 Å². The molecule has 0 saturated carbocycles. The van der Waals surface area contributed by atoms with E-state index in [9.17, 15) is 8.78 Å². The Hall–Kier alpha value is -1.41. The smallest absolute Gasteiger partial charge is 0.267 e. The van der Waals surface area contributed by atoms with Crippen LogP contribution in [0.25, 0.3) is 0 Å². The maximum atomic E-state index is 12.7. The quantitative estimate of drug-likeness (QED) is 0.768. The first-order valence-electron chi connectivity index (χ1n) is 4.41. The van der Waals surface area contributed by atoms with Crippen LogP contribution in [0.1, 0.15) is 23.4 Å². The Bertz CT molecular complexity index is 418. The van der Waals surface area contributed by atoms with Crippen molar-refractivity contribution in [3.63, 3.8) is 0 Å². The molecule has 0 unspecified atom stereocenters. The summed E-state index contributed by atoms with van der Waals surface area (Å²) in [6.45, 7) is 0. The number of nitrogens with zero attached hydrogens (tertiary/aromatic N) is 2. The molecule has 0 aromatic carbocycles. The molecule has 0 amide bonds. The number of ether oxygens (including phenoxy) is 1. The van der Waals surface area contributed by atoms with Crippen molar-refractivity contribution < 1.29 is 13.5 Å². The van der Waals surface area contributed by atoms with E-state index in [-0.39, 0.29) is 29.3 Å². The first-order valence-corrected chi connectivity index (χ1v) is 4.95. The van der Waals surface area contributed by atoms with E-state index in [0.717, 1.165) is 0 Å². The number of rotatable bonds is 4. The second-order valence-electron chi connectivity index (χ2n) is 2.95. The maximum Gasteiger partial charge on any atom is 0.267 e. The molecule has 0 aliphatic carbocycles. The molecule has 0 radical (unpaired) electrons. The van der Waals surface area contributed by atoms with Crippen LogP contribution in [0.4, 0.5) is 8.78 Å². The summed E-state index contributed by atoms with van der Waals surface area (Å²) in [6, 6.07) is 3.04. The Morgan fingerprint density at radius 1 is 1.62 bits per heavy atom. The standard InChI is InChI=1S/C10H9ClF2N2O/c1-16-9-7(10(12)13)4-6(5-11)15-8(9)2-3-14/h4,10H,2,5H2,1H3. The van der Waals surface area contributed by atoms with E-state index in [1.54, 1.807) is 0 Å². The van der Waals surface area contributed by atoms with E-state index >= 15 is 0 Å². The Morgan fingerprint density at radius 3 is 2.75 bits per heavy atom. The lowest BCUT2D eigenvalue weighted by molar-refractivity contribution is 0.146. The number of nitriles is 1. The van der Waals surface area contributed by atoms with Crippen molar-refractivity contribution in [2.75, 3.05) is 7.11 Å². The minimum absolute atomic E-state index is 0.0160. The van der Waals surface area contributed by atoms with Crippen LogP contribution in [0.15, 0.2) is 6.07 Å². The third-order valence-electron chi connectivity index (χ3n) is 1.95. The normalized spacial score (nSPS) is 10.2. The number of methoxy groups -OCH3 is 1. The molecule has 0 spiro atoms. The first kappa shape index (κ1) is 12.7. The molecule has 6 heteroatoms. The van der Waals surface area contributed by atoms with E-state index in [1.165, 1.54) is 13.2 Å². The van der Waals surface area contributed by atoms with E-state index in [4.69, 9.17) is 21.6 Å². The Kier molecular flexibility index (Phi) is 4.44. The van der Waals surface area contributed by atoms with Crippen molar-refractivity contribution in [2.45, 2.75) is 18.7 Å². The molecule has 0 aliphatic heterocycles. The van der Waals surface area contributed by atoms with Gasteiger partial charge in [0.2, 0.25) is 0 Å². The molecule has 0 fully saturated rings. The molecule has 1 aromatic rings. The van der Waals surface area contributed by atoms with Crippen LogP contribution in [0.2, 0.25) is 0 Å². The Morgan fingerprint density at radius 2 is 2.31 bits per heavy atom. The molecule has 1 heterocycles. The van der Waals surface area contributed by atoms with Crippen molar-refractivity contribution in [2.24, 2.45) is 0 Å². The summed E-state index contributed by atoms with van der Waals surface area (Å²) in [5.74, 6) is -0.0206. The molecular formula is C10H9ClF2N2O. The van der Waals surface area contributed by atoms with Gasteiger partial charge in [-0.3, -0.25) is 4.98 Å². The zero-order chi connectivity index (χ0) is 12.1. The summed E-state index contributed by atoms with van der Waals surface area (Å²) in [6.07, 6.45) is -2.77. The highest BCUT2D eigenvalue weighted by Crippen LogP contribution is 2.32. The van der Waals surface area contributed by atoms with Gasteiger partial charge in [-0.05, 0) is 6.07 Å². The monoisotopic (exact) mass is 246 g/mol. The number of alkyl halides is 3. The number of halogens is 3. The SMILES string of the molecule is COc1c(C(F)F)cc(CCl)nc1CC#N. The van der Waals surface area contributed by atoms with Gasteiger partial charge in [0.15, 0.2) is 0 Å². The highest BCUT2D eigenvalue weighted by atomic mass is 35.5. The van der Waals surface area contributed by atoms with Crippen molar-refractivity contribution in [3.8, 4) is 11.8 Å². The molecule has 0 bridgehead atoms. The molecule has 86 valence electrons. The minimum atomic E-state index is -2.68. The predicted molar refractivity (Wildman–Crippen MR) is 54.6 cm³/mol. The highest BCUT2D eigenvalue weighted by molar-refractivity contribution is 6.16. The molecule has 3 nitrogen and oxygen atoms in total. The van der Waals surface area contributed by atoms with Gasteiger partial charge in [0.1, 0.15) is 5.75 Å². The molecule has 1 rings (SSSR count). The van der Waals surface area contributed by atoms with Gasteiger partial charge in [0.25, 0.3) is 6.43 Å². The molecule has 1 aromatic heterocycles. The lowest BCUT2D eigenvalue weighted by Gasteiger charge is -2.12. The molecule has 16 heavy (non-hydrogen) atoms. The molecule has 0 N–H and O–H groups in total. The third-order valence-corrected chi connectivity index (χ3v) is 2.22. The minimum Gasteiger partial charge on any atom is -0.494 e. The lowest BCUT2D eigenvalue weighted by Crippen LogP contribution is -2.03. The van der Waals surface area contributed by atoms with Gasteiger partial charge in [-0.25, -0.2) is 8.78 Å². The van der Waals surface area contributed by atoms with Crippen molar-refractivity contribution in [3.05, 3.63) is 23.0 Å². The van der Waals surface area contributed by atoms with Gasteiger partial charge in [-0.1, -0.05) is 0 Å². The van der Waals surface area contributed by atoms with Gasteiger partial charge >= 0.3 is 0 Å².